The molecule has 0 aliphatic carbocycles. The topological polar surface area (TPSA) is 12.0 Å². The van der Waals surface area contributed by atoms with Crippen LogP contribution < -0.4 is 5.32 Å². The van der Waals surface area contributed by atoms with E-state index in [0.717, 1.165) is 0 Å². The molecule has 0 amide bonds. The van der Waals surface area contributed by atoms with Gasteiger partial charge >= 0.3 is 0 Å². The minimum Gasteiger partial charge on any atom is -0.293 e. The molecular formula is C11H17N. The van der Waals surface area contributed by atoms with Crippen LogP contribution in [-0.4, -0.2) is 12.6 Å². The first-order valence-electron chi connectivity index (χ1n) is 4.15. The third-order valence-corrected chi connectivity index (χ3v) is 1.21. The average Bonchev–Trinajstić information content (AvgIpc) is 1.96. The lowest BCUT2D eigenvalue weighted by Crippen LogP contribution is -2.24. The zero-order chi connectivity index (χ0) is 9.61. The zero-order valence-corrected chi connectivity index (χ0v) is 8.36. The molecule has 0 spiro atoms. The van der Waals surface area contributed by atoms with Gasteiger partial charge in [-0.1, -0.05) is 17.8 Å². The molecule has 0 aromatic rings. The summed E-state index contributed by atoms with van der Waals surface area (Å²) in [5, 5.41) is 3.10. The highest BCUT2D eigenvalue weighted by Crippen LogP contribution is 2.09. The van der Waals surface area contributed by atoms with Gasteiger partial charge in [-0.15, -0.1) is 6.42 Å². The fourth-order valence-corrected chi connectivity index (χ4v) is 0.572. The normalized spacial score (nSPS) is 12.6. The van der Waals surface area contributed by atoms with Crippen LogP contribution in [0, 0.1) is 29.6 Å². The summed E-state index contributed by atoms with van der Waals surface area (Å²) in [6.07, 6.45) is 5.18. The summed E-state index contributed by atoms with van der Waals surface area (Å²) in [5.74, 6) is 8.74. The largest absolute Gasteiger partial charge is 0.293 e. The molecular weight excluding hydrogens is 146 g/mol. The molecule has 0 heterocycles. The van der Waals surface area contributed by atoms with Crippen molar-refractivity contribution >= 4 is 0 Å². The molecule has 1 nitrogen and oxygen atoms in total. The number of nitrogens with one attached hydrogen (secondary N) is 1. The quantitative estimate of drug-likeness (QED) is 0.610. The summed E-state index contributed by atoms with van der Waals surface area (Å²) >= 11 is 0. The Morgan fingerprint density at radius 1 is 1.42 bits per heavy atom. The number of terminal acetylenes is 1. The van der Waals surface area contributed by atoms with Crippen molar-refractivity contribution in [3.8, 4) is 24.2 Å². The van der Waals surface area contributed by atoms with Gasteiger partial charge in [0, 0.05) is 5.41 Å². The predicted octanol–water partition coefficient (Wildman–Crippen LogP) is 1.65. The molecule has 1 unspecified atom stereocenters. The van der Waals surface area contributed by atoms with E-state index < -0.39 is 0 Å². The molecule has 0 aliphatic heterocycles. The van der Waals surface area contributed by atoms with Crippen LogP contribution in [0.2, 0.25) is 0 Å². The molecule has 0 aromatic heterocycles. The number of rotatable bonds is 2. The smallest absolute Gasteiger partial charge is 0.0665 e. The van der Waals surface area contributed by atoms with Crippen LogP contribution in [0.1, 0.15) is 27.7 Å². The first-order valence-corrected chi connectivity index (χ1v) is 4.15. The molecule has 1 N–H and O–H groups in total. The molecule has 0 bridgehead atoms. The second kappa shape index (κ2) is 4.86. The van der Waals surface area contributed by atoms with Gasteiger partial charge in [0.2, 0.25) is 0 Å². The first-order chi connectivity index (χ1) is 5.45. The molecule has 12 heavy (non-hydrogen) atoms. The van der Waals surface area contributed by atoms with Crippen LogP contribution in [0.25, 0.3) is 0 Å². The fraction of sp³-hybridized carbons (Fsp3) is 0.636. The molecule has 0 fully saturated rings. The summed E-state index contributed by atoms with van der Waals surface area (Å²) < 4.78 is 0. The highest BCUT2D eigenvalue weighted by Gasteiger charge is 2.02. The van der Waals surface area contributed by atoms with Gasteiger partial charge < -0.3 is 0 Å². The molecule has 1 atom stereocenters. The van der Waals surface area contributed by atoms with Crippen LogP contribution in [0.3, 0.4) is 0 Å². The maximum Gasteiger partial charge on any atom is 0.0665 e. The van der Waals surface area contributed by atoms with E-state index in [9.17, 15) is 0 Å². The lowest BCUT2D eigenvalue weighted by molar-refractivity contribution is 0.569. The van der Waals surface area contributed by atoms with E-state index in [1.165, 1.54) is 0 Å². The Morgan fingerprint density at radius 2 is 2.00 bits per heavy atom. The second-order valence-corrected chi connectivity index (χ2v) is 3.82. The van der Waals surface area contributed by atoms with E-state index in [4.69, 9.17) is 6.42 Å². The Labute approximate surface area is 75.9 Å². The van der Waals surface area contributed by atoms with Gasteiger partial charge in [0.1, 0.15) is 0 Å². The lowest BCUT2D eigenvalue weighted by atomic mass is 9.98. The van der Waals surface area contributed by atoms with E-state index in [1.807, 2.05) is 6.92 Å². The fourth-order valence-electron chi connectivity index (χ4n) is 0.572. The van der Waals surface area contributed by atoms with Crippen LogP contribution in [0.4, 0.5) is 0 Å². The third-order valence-electron chi connectivity index (χ3n) is 1.21. The van der Waals surface area contributed by atoms with Crippen molar-refractivity contribution < 1.29 is 0 Å². The van der Waals surface area contributed by atoms with E-state index >= 15 is 0 Å². The average molecular weight is 163 g/mol. The molecule has 0 radical (unpaired) electrons. The van der Waals surface area contributed by atoms with Crippen LogP contribution in [-0.2, 0) is 0 Å². The van der Waals surface area contributed by atoms with Gasteiger partial charge in [-0.25, -0.2) is 0 Å². The Kier molecular flexibility index (Phi) is 4.49. The highest BCUT2D eigenvalue weighted by molar-refractivity contribution is 5.09. The van der Waals surface area contributed by atoms with Crippen LogP contribution in [0.15, 0.2) is 0 Å². The highest BCUT2D eigenvalue weighted by atomic mass is 14.9. The zero-order valence-electron chi connectivity index (χ0n) is 8.36. The van der Waals surface area contributed by atoms with E-state index in [1.54, 1.807) is 0 Å². The standard InChI is InChI=1S/C11H17N/c1-6-10(2)12-9-7-8-11(3,4)5/h1,10,12H,9H2,2-5H3. The SMILES string of the molecule is C#CC(C)NCC#CC(C)(C)C. The summed E-state index contributed by atoms with van der Waals surface area (Å²) in [6, 6.07) is 0.110. The van der Waals surface area contributed by atoms with Gasteiger partial charge in [-0.3, -0.25) is 5.32 Å². The van der Waals surface area contributed by atoms with Crippen molar-refractivity contribution in [1.29, 1.82) is 0 Å². The van der Waals surface area contributed by atoms with Gasteiger partial charge in [-0.05, 0) is 27.7 Å². The van der Waals surface area contributed by atoms with Gasteiger partial charge in [0.25, 0.3) is 0 Å². The summed E-state index contributed by atoms with van der Waals surface area (Å²) in [7, 11) is 0. The molecule has 0 aliphatic rings. The second-order valence-electron chi connectivity index (χ2n) is 3.82. The Bertz CT molecular complexity index is 216. The van der Waals surface area contributed by atoms with E-state index in [0.29, 0.717) is 6.54 Å². The molecule has 66 valence electrons. The van der Waals surface area contributed by atoms with Crippen molar-refractivity contribution in [2.75, 3.05) is 6.54 Å². The maximum atomic E-state index is 5.18. The first kappa shape index (κ1) is 11.1. The van der Waals surface area contributed by atoms with Gasteiger partial charge in [0.05, 0.1) is 12.6 Å². The van der Waals surface area contributed by atoms with Crippen LogP contribution in [0.5, 0.6) is 0 Å². The van der Waals surface area contributed by atoms with Crippen molar-refractivity contribution in [2.45, 2.75) is 33.7 Å². The van der Waals surface area contributed by atoms with E-state index in [-0.39, 0.29) is 11.5 Å². The molecule has 1 heteroatoms. The van der Waals surface area contributed by atoms with E-state index in [2.05, 4.69) is 43.8 Å². The minimum absolute atomic E-state index is 0.0844. The van der Waals surface area contributed by atoms with Crippen LogP contribution >= 0.6 is 0 Å². The molecule has 0 saturated heterocycles. The third kappa shape index (κ3) is 7.19. The molecule has 0 rings (SSSR count). The Balaban J connectivity index is 3.69. The minimum atomic E-state index is 0.0844. The predicted molar refractivity (Wildman–Crippen MR) is 53.5 cm³/mol. The monoisotopic (exact) mass is 163 g/mol. The van der Waals surface area contributed by atoms with Gasteiger partial charge in [-0.2, -0.15) is 0 Å². The lowest BCUT2D eigenvalue weighted by Gasteiger charge is -2.07. The van der Waals surface area contributed by atoms with Gasteiger partial charge in [0.15, 0.2) is 0 Å². The Hall–Kier alpha value is -0.920. The number of hydrogen-bond donors (Lipinski definition) is 1. The summed E-state index contributed by atoms with van der Waals surface area (Å²) in [5.41, 5.74) is 0.0844. The van der Waals surface area contributed by atoms with Crippen molar-refractivity contribution in [1.82, 2.24) is 5.32 Å². The number of hydrogen-bond acceptors (Lipinski definition) is 1. The Morgan fingerprint density at radius 3 is 2.42 bits per heavy atom. The molecule has 0 aromatic carbocycles. The maximum absolute atomic E-state index is 5.18. The summed E-state index contributed by atoms with van der Waals surface area (Å²) in [4.78, 5) is 0. The van der Waals surface area contributed by atoms with Crippen molar-refractivity contribution in [3.63, 3.8) is 0 Å². The van der Waals surface area contributed by atoms with Crippen molar-refractivity contribution in [2.24, 2.45) is 5.41 Å². The summed E-state index contributed by atoms with van der Waals surface area (Å²) in [6.45, 7) is 8.88. The molecule has 0 saturated carbocycles. The van der Waals surface area contributed by atoms with Crippen molar-refractivity contribution in [3.05, 3.63) is 0 Å².